The number of hydrogen-bond acceptors (Lipinski definition) is 4. The molecule has 6 aromatic carbocycles. The Balaban J connectivity index is 1.41. The Labute approximate surface area is 340 Å². The fraction of sp³-hybridized carbons (Fsp3) is 0.245. The van der Waals surface area contributed by atoms with Gasteiger partial charge in [0.1, 0.15) is 3.94 Å². The lowest BCUT2D eigenvalue weighted by Crippen LogP contribution is -2.33. The maximum atomic E-state index is 6.48. The Bertz CT molecular complexity index is 2190. The van der Waals surface area contributed by atoms with Crippen molar-refractivity contribution in [3.05, 3.63) is 152 Å². The van der Waals surface area contributed by atoms with Gasteiger partial charge in [0.15, 0.2) is 15.6 Å². The molecule has 3 aliphatic rings. The monoisotopic (exact) mass is 792 g/mol. The smallest absolute Gasteiger partial charge is 0.176 e. The number of para-hydroxylation sites is 2. The SMILES string of the molecule is Cc1cc(C)c(-c2cccc(-c3c(C)cc(C)cc3C)c2N2P3SC(=S)P2N3c2c(-c3c(C)cc(C)cc3C)cccc2-c2c(C)cc(C)cc2C)c(C)c1. The van der Waals surface area contributed by atoms with Crippen LogP contribution in [-0.2, 0) is 0 Å². The molecule has 0 atom stereocenters. The highest BCUT2D eigenvalue weighted by atomic mass is 32.7. The minimum atomic E-state index is -1.00. The predicted octanol–water partition coefficient (Wildman–Crippen LogP) is 16.0. The molecule has 2 nitrogen and oxygen atoms in total. The normalized spacial score (nSPS) is 16.3. The molecule has 0 amide bonds. The quantitative estimate of drug-likeness (QED) is 0.122. The van der Waals surface area contributed by atoms with Crippen LogP contribution in [0.5, 0.6) is 0 Å². The summed E-state index contributed by atoms with van der Waals surface area (Å²) in [5, 5.41) is 0. The van der Waals surface area contributed by atoms with Crippen molar-refractivity contribution in [3.63, 3.8) is 0 Å². The minimum absolute atomic E-state index is 0.898. The van der Waals surface area contributed by atoms with Crippen LogP contribution in [0.2, 0.25) is 0 Å². The van der Waals surface area contributed by atoms with Gasteiger partial charge in [0.2, 0.25) is 0 Å². The van der Waals surface area contributed by atoms with Gasteiger partial charge in [-0.2, -0.15) is 0 Å². The summed E-state index contributed by atoms with van der Waals surface area (Å²) >= 11 is 8.41. The third-order valence-corrected chi connectivity index (χ3v) is 21.2. The Morgan fingerprint density at radius 3 is 0.836 bits per heavy atom. The van der Waals surface area contributed by atoms with Crippen LogP contribution >= 0.6 is 39.2 Å². The average molecular weight is 793 g/mol. The summed E-state index contributed by atoms with van der Waals surface area (Å²) in [6.07, 6.45) is 0. The van der Waals surface area contributed by atoms with E-state index in [0.717, 1.165) is 3.94 Å². The van der Waals surface area contributed by atoms with Crippen molar-refractivity contribution < 1.29 is 0 Å². The van der Waals surface area contributed by atoms with Crippen molar-refractivity contribution in [1.82, 2.24) is 0 Å². The number of rotatable bonds is 6. The second kappa shape index (κ2) is 14.3. The molecule has 55 heavy (non-hydrogen) atoms. The van der Waals surface area contributed by atoms with Crippen molar-refractivity contribution in [2.24, 2.45) is 0 Å². The van der Waals surface area contributed by atoms with Crippen LogP contribution in [-0.4, -0.2) is 3.94 Å². The highest BCUT2D eigenvalue weighted by Crippen LogP contribution is 2.93. The molecule has 0 aromatic heterocycles. The number of nitrogens with zero attached hydrogens (tertiary/aromatic N) is 2. The third-order valence-electron chi connectivity index (χ3n) is 11.3. The molecule has 6 heteroatoms. The molecule has 9 rings (SSSR count). The molecule has 0 aliphatic carbocycles. The van der Waals surface area contributed by atoms with Gasteiger partial charge in [-0.15, -0.1) is 0 Å². The summed E-state index contributed by atoms with van der Waals surface area (Å²) in [6.45, 7) is 27.1. The molecule has 3 heterocycles. The van der Waals surface area contributed by atoms with Crippen molar-refractivity contribution in [2.45, 2.75) is 83.1 Å². The fourth-order valence-electron chi connectivity index (χ4n) is 9.72. The number of aryl methyl sites for hydroxylation is 12. The molecule has 278 valence electrons. The van der Waals surface area contributed by atoms with Crippen LogP contribution in [0.3, 0.4) is 0 Å². The molecular formula is C49H50N2P2S2. The first-order valence-electron chi connectivity index (χ1n) is 19.2. The van der Waals surface area contributed by atoms with E-state index in [4.69, 9.17) is 12.2 Å². The van der Waals surface area contributed by atoms with E-state index in [9.17, 15) is 0 Å². The van der Waals surface area contributed by atoms with Crippen LogP contribution in [0.25, 0.3) is 44.5 Å². The number of anilines is 2. The van der Waals surface area contributed by atoms with E-state index in [2.05, 4.69) is 177 Å². The Morgan fingerprint density at radius 2 is 0.636 bits per heavy atom. The molecule has 3 fully saturated rings. The van der Waals surface area contributed by atoms with Gasteiger partial charge in [-0.25, -0.2) is 0 Å². The maximum Gasteiger partial charge on any atom is 0.176 e. The average Bonchev–Trinajstić information content (AvgIpc) is 3.59. The Kier molecular flexibility index (Phi) is 9.91. The van der Waals surface area contributed by atoms with Crippen molar-refractivity contribution >= 4 is 54.6 Å². The largest absolute Gasteiger partial charge is 0.279 e. The van der Waals surface area contributed by atoms with Crippen LogP contribution in [0.15, 0.2) is 84.9 Å². The summed E-state index contributed by atoms with van der Waals surface area (Å²) < 4.78 is 6.68. The van der Waals surface area contributed by atoms with Crippen molar-refractivity contribution in [2.75, 3.05) is 8.88 Å². The lowest BCUT2D eigenvalue weighted by atomic mass is 9.87. The molecule has 0 radical (unpaired) electrons. The summed E-state index contributed by atoms with van der Waals surface area (Å²) in [5.74, 6) is 0. The van der Waals surface area contributed by atoms with Crippen molar-refractivity contribution in [3.8, 4) is 44.5 Å². The van der Waals surface area contributed by atoms with E-state index < -0.39 is 15.6 Å². The molecule has 0 unspecified atom stereocenters. The molecule has 0 spiro atoms. The first-order valence-corrected chi connectivity index (χ1v) is 23.5. The zero-order valence-corrected chi connectivity index (χ0v) is 37.6. The van der Waals surface area contributed by atoms with Crippen LogP contribution in [0.4, 0.5) is 11.4 Å². The molecule has 3 aliphatic heterocycles. The summed E-state index contributed by atoms with van der Waals surface area (Å²) in [5.41, 5.74) is 29.0. The molecule has 0 N–H and O–H groups in total. The first-order chi connectivity index (χ1) is 26.2. The van der Waals surface area contributed by atoms with Crippen LogP contribution in [0.1, 0.15) is 66.8 Å². The van der Waals surface area contributed by atoms with Crippen LogP contribution in [0, 0.1) is 83.1 Å². The van der Waals surface area contributed by atoms with E-state index in [-0.39, 0.29) is 0 Å². The lowest BCUT2D eigenvalue weighted by molar-refractivity contribution is 1.30. The number of benzene rings is 6. The standard InChI is InChI=1S/C49H50N2P2S2/c1-27-19-31(5)43(32(6)20-27)39-15-13-16-40(44-33(7)21-28(2)22-34(44)8)47(39)50-52-49(54)55-53(50)51(52)48-41(45-35(9)23-29(3)24-36(45)10)17-14-18-42(48)46-37(11)25-30(4)26-38(46)12/h13-26H,1-12H3. The fourth-order valence-corrected chi connectivity index (χ4v) is 21.6. The van der Waals surface area contributed by atoms with Gasteiger partial charge in [-0.1, -0.05) is 119 Å². The second-order valence-corrected chi connectivity index (χ2v) is 23.1. The molecule has 2 bridgehead atoms. The van der Waals surface area contributed by atoms with Gasteiger partial charge in [0, 0.05) is 22.3 Å². The summed E-state index contributed by atoms with van der Waals surface area (Å²) in [7, 11) is -1.90. The Morgan fingerprint density at radius 1 is 0.400 bits per heavy atom. The third kappa shape index (κ3) is 6.29. The molecular weight excluding hydrogens is 743 g/mol. The highest BCUT2D eigenvalue weighted by molar-refractivity contribution is 8.79. The highest BCUT2D eigenvalue weighted by Gasteiger charge is 2.61. The first kappa shape index (κ1) is 38.1. The number of thiocarbonyl (C=S) groups is 1. The number of hydrogen-bond donors (Lipinski definition) is 0. The van der Waals surface area contributed by atoms with E-state index >= 15 is 0 Å². The Hall–Kier alpha value is -3.78. The summed E-state index contributed by atoms with van der Waals surface area (Å²) in [6, 6.07) is 32.7. The topological polar surface area (TPSA) is 6.48 Å². The van der Waals surface area contributed by atoms with Gasteiger partial charge in [-0.05, 0) is 161 Å². The molecule has 6 aromatic rings. The summed E-state index contributed by atoms with van der Waals surface area (Å²) in [4.78, 5) is 0. The molecule has 3 saturated heterocycles. The van der Waals surface area contributed by atoms with E-state index in [1.165, 1.54) is 123 Å². The van der Waals surface area contributed by atoms with E-state index in [0.29, 0.717) is 0 Å². The van der Waals surface area contributed by atoms with Gasteiger partial charge >= 0.3 is 0 Å². The molecule has 0 saturated carbocycles. The van der Waals surface area contributed by atoms with Gasteiger partial charge in [-0.3, -0.25) is 8.88 Å². The number of fused-ring (bicyclic) bond motifs is 1. The maximum absolute atomic E-state index is 6.48. The second-order valence-electron chi connectivity index (χ2n) is 16.0. The predicted molar refractivity (Wildman–Crippen MR) is 250 cm³/mol. The van der Waals surface area contributed by atoms with Gasteiger partial charge < -0.3 is 0 Å². The zero-order valence-electron chi connectivity index (χ0n) is 34.2. The minimum Gasteiger partial charge on any atom is -0.279 e. The zero-order chi connectivity index (χ0) is 39.2. The van der Waals surface area contributed by atoms with E-state index in [1.54, 1.807) is 0 Å². The van der Waals surface area contributed by atoms with Gasteiger partial charge in [0.25, 0.3) is 0 Å². The van der Waals surface area contributed by atoms with Crippen LogP contribution < -0.4 is 8.88 Å². The lowest BCUT2D eigenvalue weighted by Gasteiger charge is -2.52. The van der Waals surface area contributed by atoms with Crippen molar-refractivity contribution in [1.29, 1.82) is 0 Å². The van der Waals surface area contributed by atoms with Gasteiger partial charge in [0.05, 0.1) is 11.4 Å². The van der Waals surface area contributed by atoms with E-state index in [1.807, 2.05) is 11.4 Å².